The molecule has 0 radical (unpaired) electrons. The molecule has 1 unspecified atom stereocenters. The van der Waals surface area contributed by atoms with Crippen molar-refractivity contribution in [1.82, 2.24) is 9.88 Å². The van der Waals surface area contributed by atoms with E-state index in [1.165, 1.54) is 17.0 Å². The third-order valence-corrected chi connectivity index (χ3v) is 5.30. The van der Waals surface area contributed by atoms with Gasteiger partial charge in [0.25, 0.3) is 5.56 Å². The Kier molecular flexibility index (Phi) is 5.16. The smallest absolute Gasteiger partial charge is 0.322 e. The molecule has 1 atom stereocenters. The van der Waals surface area contributed by atoms with Crippen LogP contribution >= 0.6 is 11.6 Å². The van der Waals surface area contributed by atoms with Gasteiger partial charge >= 0.3 is 6.03 Å². The lowest BCUT2D eigenvalue weighted by molar-refractivity contribution is 0.0527. The number of hydrogen-bond donors (Lipinski definition) is 2. The molecule has 2 aromatic carbocycles. The fourth-order valence-electron chi connectivity index (χ4n) is 3.56. The van der Waals surface area contributed by atoms with E-state index >= 15 is 0 Å². The number of nitrogens with one attached hydrogen (secondary N) is 2. The van der Waals surface area contributed by atoms with Crippen molar-refractivity contribution in [3.05, 3.63) is 80.3 Å². The van der Waals surface area contributed by atoms with Crippen molar-refractivity contribution in [1.29, 1.82) is 0 Å². The fraction of sp³-hybridized carbons (Fsp3) is 0.190. The molecule has 4 rings (SSSR count). The number of rotatable bonds is 2. The van der Waals surface area contributed by atoms with Gasteiger partial charge in [-0.05, 0) is 35.7 Å². The van der Waals surface area contributed by atoms with E-state index in [2.05, 4.69) is 15.1 Å². The number of amides is 2. The molecule has 30 heavy (non-hydrogen) atoms. The molecule has 2 heterocycles. The Morgan fingerprint density at radius 2 is 2.13 bits per heavy atom. The fourth-order valence-corrected chi connectivity index (χ4v) is 3.73. The van der Waals surface area contributed by atoms with Crippen molar-refractivity contribution in [3.8, 4) is 0 Å². The summed E-state index contributed by atoms with van der Waals surface area (Å²) in [6.45, 7) is 7.46. The summed E-state index contributed by atoms with van der Waals surface area (Å²) in [6.07, 6.45) is 0. The van der Waals surface area contributed by atoms with Gasteiger partial charge in [0.15, 0.2) is 0 Å². The number of fused-ring (bicyclic) bond motifs is 3. The average molecular weight is 427 g/mol. The first-order valence-electron chi connectivity index (χ1n) is 9.02. The molecule has 0 saturated carbocycles. The summed E-state index contributed by atoms with van der Waals surface area (Å²) in [5.41, 5.74) is 1.23. The number of urea groups is 1. The number of anilines is 1. The van der Waals surface area contributed by atoms with Gasteiger partial charge < -0.3 is 19.9 Å². The Hall–Kier alpha value is -3.41. The van der Waals surface area contributed by atoms with Crippen molar-refractivity contribution in [2.24, 2.45) is 0 Å². The summed E-state index contributed by atoms with van der Waals surface area (Å²) in [5.74, 6) is -0.653. The minimum Gasteiger partial charge on any atom is -0.373 e. The van der Waals surface area contributed by atoms with Gasteiger partial charge in [0.2, 0.25) is 5.69 Å². The molecule has 1 aliphatic heterocycles. The van der Waals surface area contributed by atoms with Crippen LogP contribution in [0.3, 0.4) is 0 Å². The zero-order valence-corrected chi connectivity index (χ0v) is 16.6. The van der Waals surface area contributed by atoms with E-state index in [9.17, 15) is 14.0 Å². The Balaban J connectivity index is 1.70. The molecule has 0 saturated heterocycles. The predicted octanol–water partition coefficient (Wildman–Crippen LogP) is 4.61. The molecule has 7 nitrogen and oxygen atoms in total. The summed E-state index contributed by atoms with van der Waals surface area (Å²) < 4.78 is 19.1. The molecule has 2 amide bonds. The normalized spacial score (nSPS) is 15.3. The van der Waals surface area contributed by atoms with Crippen LogP contribution in [0.15, 0.2) is 41.2 Å². The summed E-state index contributed by atoms with van der Waals surface area (Å²) >= 11 is 6.05. The van der Waals surface area contributed by atoms with Crippen molar-refractivity contribution in [3.63, 3.8) is 0 Å². The Bertz CT molecular complexity index is 1270. The third kappa shape index (κ3) is 3.49. The van der Waals surface area contributed by atoms with Gasteiger partial charge in [0.05, 0.1) is 25.8 Å². The van der Waals surface area contributed by atoms with Gasteiger partial charge in [-0.2, -0.15) is 0 Å². The molecule has 2 N–H and O–H groups in total. The lowest BCUT2D eigenvalue weighted by Gasteiger charge is -2.33. The van der Waals surface area contributed by atoms with Crippen LogP contribution in [-0.4, -0.2) is 29.6 Å². The van der Waals surface area contributed by atoms with E-state index < -0.39 is 17.9 Å². The molecular formula is C21H16ClFN4O3. The molecule has 1 aromatic heterocycles. The molecule has 9 heteroatoms. The first kappa shape index (κ1) is 19.9. The maximum Gasteiger partial charge on any atom is 0.322 e. The minimum absolute atomic E-state index is 0.178. The van der Waals surface area contributed by atoms with Crippen molar-refractivity contribution in [2.75, 3.05) is 19.0 Å². The quantitative estimate of drug-likeness (QED) is 0.587. The standard InChI is InChI=1S/C21H16ClFN4O3/c1-24-16-8-12(4-6-15(16)23)25-21(29)27(2)18-10-30-9-17-19(18)13-5-3-11(22)7-14(13)20(28)26-17/h3-8,18H,9-10H2,2H3,(H,25,29)(H,26,28). The van der Waals surface area contributed by atoms with Gasteiger partial charge in [-0.1, -0.05) is 17.7 Å². The summed E-state index contributed by atoms with van der Waals surface area (Å²) in [5, 5.41) is 4.24. The van der Waals surface area contributed by atoms with Crippen molar-refractivity contribution >= 4 is 39.8 Å². The second-order valence-corrected chi connectivity index (χ2v) is 7.32. The van der Waals surface area contributed by atoms with Crippen LogP contribution in [0.4, 0.5) is 20.6 Å². The molecule has 0 spiro atoms. The molecular weight excluding hydrogens is 411 g/mol. The largest absolute Gasteiger partial charge is 0.373 e. The molecule has 0 bridgehead atoms. The molecule has 1 aliphatic rings. The zero-order valence-electron chi connectivity index (χ0n) is 15.8. The number of halogens is 2. The number of H-pyrrole nitrogens is 1. The summed E-state index contributed by atoms with van der Waals surface area (Å²) in [4.78, 5) is 32.7. The van der Waals surface area contributed by atoms with Crippen LogP contribution in [0, 0.1) is 12.4 Å². The van der Waals surface area contributed by atoms with Crippen LogP contribution < -0.4 is 10.9 Å². The number of pyridine rings is 1. The second kappa shape index (κ2) is 7.78. The average Bonchev–Trinajstić information content (AvgIpc) is 2.74. The first-order chi connectivity index (χ1) is 14.4. The number of ether oxygens (including phenoxy) is 1. The summed E-state index contributed by atoms with van der Waals surface area (Å²) in [6, 6.07) is 7.89. The van der Waals surface area contributed by atoms with Gasteiger partial charge in [0, 0.05) is 34.4 Å². The first-order valence-corrected chi connectivity index (χ1v) is 9.39. The Morgan fingerprint density at radius 1 is 1.33 bits per heavy atom. The number of nitrogens with zero attached hydrogens (tertiary/aromatic N) is 2. The van der Waals surface area contributed by atoms with E-state index in [1.54, 1.807) is 25.2 Å². The van der Waals surface area contributed by atoms with Crippen molar-refractivity contribution in [2.45, 2.75) is 12.6 Å². The molecule has 0 fully saturated rings. The number of carbonyl (C=O) groups is 1. The Morgan fingerprint density at radius 3 is 2.90 bits per heavy atom. The highest BCUT2D eigenvalue weighted by molar-refractivity contribution is 6.31. The predicted molar refractivity (Wildman–Crippen MR) is 111 cm³/mol. The zero-order chi connectivity index (χ0) is 21.4. The maximum absolute atomic E-state index is 13.5. The number of benzene rings is 2. The van der Waals surface area contributed by atoms with Crippen molar-refractivity contribution < 1.29 is 13.9 Å². The SMILES string of the molecule is [C-]#[N+]c1cc(NC(=O)N(C)C2COCc3[nH]c(=O)c4cc(Cl)ccc4c32)ccc1F. The molecule has 0 aliphatic carbocycles. The van der Waals surface area contributed by atoms with Crippen LogP contribution in [0.2, 0.25) is 5.02 Å². The van der Waals surface area contributed by atoms with Gasteiger partial charge in [-0.25, -0.2) is 14.0 Å². The van der Waals surface area contributed by atoms with E-state index in [4.69, 9.17) is 22.9 Å². The van der Waals surface area contributed by atoms with E-state index in [-0.39, 0.29) is 24.5 Å². The van der Waals surface area contributed by atoms with Gasteiger partial charge in [0.1, 0.15) is 5.82 Å². The Labute approximate surface area is 175 Å². The molecule has 152 valence electrons. The topological polar surface area (TPSA) is 78.8 Å². The lowest BCUT2D eigenvalue weighted by Crippen LogP contribution is -2.39. The minimum atomic E-state index is -0.653. The highest BCUT2D eigenvalue weighted by atomic mass is 35.5. The van der Waals surface area contributed by atoms with Crippen LogP contribution in [-0.2, 0) is 11.3 Å². The molecule has 3 aromatic rings. The number of aromatic nitrogens is 1. The number of aromatic amines is 1. The maximum atomic E-state index is 13.5. The van der Waals surface area contributed by atoms with Gasteiger partial charge in [-0.3, -0.25) is 4.79 Å². The third-order valence-electron chi connectivity index (χ3n) is 5.07. The van der Waals surface area contributed by atoms with Crippen LogP contribution in [0.1, 0.15) is 17.3 Å². The second-order valence-electron chi connectivity index (χ2n) is 6.89. The van der Waals surface area contributed by atoms with E-state index in [0.29, 0.717) is 27.2 Å². The highest BCUT2D eigenvalue weighted by Crippen LogP contribution is 2.34. The number of carbonyl (C=O) groups excluding carboxylic acids is 1. The van der Waals surface area contributed by atoms with Crippen LogP contribution in [0.5, 0.6) is 0 Å². The highest BCUT2D eigenvalue weighted by Gasteiger charge is 2.30. The van der Waals surface area contributed by atoms with Crippen LogP contribution in [0.25, 0.3) is 15.6 Å². The monoisotopic (exact) mass is 426 g/mol. The van der Waals surface area contributed by atoms with Gasteiger partial charge in [-0.15, -0.1) is 0 Å². The number of hydrogen-bond acceptors (Lipinski definition) is 3. The number of likely N-dealkylation sites (N-methyl/N-ethyl adjacent to an activating group) is 1. The summed E-state index contributed by atoms with van der Waals surface area (Å²) in [7, 11) is 1.60. The van der Waals surface area contributed by atoms with E-state index in [1.807, 2.05) is 0 Å². The van der Waals surface area contributed by atoms with E-state index in [0.717, 1.165) is 11.6 Å². The lowest BCUT2D eigenvalue weighted by atomic mass is 9.96.